The van der Waals surface area contributed by atoms with Crippen LogP contribution in [-0.4, -0.2) is 28.9 Å². The fraction of sp³-hybridized carbons (Fsp3) is 0.312. The van der Waals surface area contributed by atoms with Crippen molar-refractivity contribution in [2.45, 2.75) is 25.8 Å². The summed E-state index contributed by atoms with van der Waals surface area (Å²) in [5.41, 5.74) is 1.61. The standard InChI is InChI=1S/C16H16FN3O3/c1-9-5-11(19-23-9)8-20(2)16(22)13-7-15(21)18-14-6-10(17)3-4-12(13)14/h3-6,13H,7-8H2,1-2H3,(H,18,21)/t13-/m0/s1. The van der Waals surface area contributed by atoms with Crippen LogP contribution in [0.2, 0.25) is 0 Å². The quantitative estimate of drug-likeness (QED) is 0.941. The van der Waals surface area contributed by atoms with Gasteiger partial charge in [-0.2, -0.15) is 0 Å². The Kier molecular flexibility index (Phi) is 3.85. The second kappa shape index (κ2) is 5.83. The summed E-state index contributed by atoms with van der Waals surface area (Å²) in [4.78, 5) is 26.0. The summed E-state index contributed by atoms with van der Waals surface area (Å²) in [5.74, 6) is -0.930. The summed E-state index contributed by atoms with van der Waals surface area (Å²) in [6, 6.07) is 5.81. The molecule has 0 fully saturated rings. The van der Waals surface area contributed by atoms with Crippen LogP contribution in [-0.2, 0) is 16.1 Å². The van der Waals surface area contributed by atoms with E-state index in [2.05, 4.69) is 10.5 Å². The lowest BCUT2D eigenvalue weighted by molar-refractivity contribution is -0.134. The minimum Gasteiger partial charge on any atom is -0.361 e. The number of likely N-dealkylation sites (N-methyl/N-ethyl adjacent to an activating group) is 1. The molecule has 1 aliphatic rings. The minimum absolute atomic E-state index is 0.0413. The molecule has 0 saturated heterocycles. The molecule has 2 heterocycles. The summed E-state index contributed by atoms with van der Waals surface area (Å²) >= 11 is 0. The van der Waals surface area contributed by atoms with Crippen molar-refractivity contribution >= 4 is 17.5 Å². The molecule has 1 N–H and O–H groups in total. The van der Waals surface area contributed by atoms with Crippen LogP contribution in [0.5, 0.6) is 0 Å². The van der Waals surface area contributed by atoms with Gasteiger partial charge in [0.15, 0.2) is 0 Å². The highest BCUT2D eigenvalue weighted by molar-refractivity contribution is 6.01. The Balaban J connectivity index is 1.83. The third-order valence-electron chi connectivity index (χ3n) is 3.80. The molecule has 3 rings (SSSR count). The molecular formula is C16H16FN3O3. The van der Waals surface area contributed by atoms with E-state index in [1.807, 2.05) is 0 Å². The van der Waals surface area contributed by atoms with Crippen LogP contribution < -0.4 is 5.32 Å². The molecule has 23 heavy (non-hydrogen) atoms. The van der Waals surface area contributed by atoms with Gasteiger partial charge < -0.3 is 14.7 Å². The molecule has 0 radical (unpaired) electrons. The maximum absolute atomic E-state index is 13.3. The number of halogens is 1. The van der Waals surface area contributed by atoms with E-state index in [1.54, 1.807) is 26.1 Å². The lowest BCUT2D eigenvalue weighted by Crippen LogP contribution is -2.36. The van der Waals surface area contributed by atoms with Crippen LogP contribution in [0.15, 0.2) is 28.8 Å². The molecule has 1 aromatic heterocycles. The Morgan fingerprint density at radius 2 is 2.26 bits per heavy atom. The van der Waals surface area contributed by atoms with Crippen LogP contribution in [0.3, 0.4) is 0 Å². The van der Waals surface area contributed by atoms with Crippen LogP contribution >= 0.6 is 0 Å². The average molecular weight is 317 g/mol. The molecule has 0 bridgehead atoms. The summed E-state index contributed by atoms with van der Waals surface area (Å²) in [7, 11) is 1.64. The number of nitrogens with one attached hydrogen (secondary N) is 1. The molecular weight excluding hydrogens is 301 g/mol. The van der Waals surface area contributed by atoms with Gasteiger partial charge in [-0.1, -0.05) is 11.2 Å². The van der Waals surface area contributed by atoms with Gasteiger partial charge in [0.2, 0.25) is 11.8 Å². The zero-order chi connectivity index (χ0) is 16.6. The number of nitrogens with zero attached hydrogens (tertiary/aromatic N) is 2. The van der Waals surface area contributed by atoms with Gasteiger partial charge in [0.05, 0.1) is 12.5 Å². The largest absolute Gasteiger partial charge is 0.361 e. The van der Waals surface area contributed by atoms with Gasteiger partial charge in [-0.25, -0.2) is 4.39 Å². The summed E-state index contributed by atoms with van der Waals surface area (Å²) in [6.45, 7) is 2.05. The van der Waals surface area contributed by atoms with Crippen molar-refractivity contribution in [2.75, 3.05) is 12.4 Å². The molecule has 120 valence electrons. The Morgan fingerprint density at radius 1 is 1.48 bits per heavy atom. The van der Waals surface area contributed by atoms with E-state index >= 15 is 0 Å². The van der Waals surface area contributed by atoms with Crippen molar-refractivity contribution in [3.8, 4) is 0 Å². The highest BCUT2D eigenvalue weighted by Gasteiger charge is 2.32. The molecule has 0 spiro atoms. The third kappa shape index (κ3) is 3.08. The molecule has 2 amide bonds. The second-order valence-electron chi connectivity index (χ2n) is 5.66. The number of hydrogen-bond donors (Lipinski definition) is 1. The first-order valence-electron chi connectivity index (χ1n) is 7.20. The number of aryl methyl sites for hydroxylation is 1. The first-order chi connectivity index (χ1) is 10.9. The van der Waals surface area contributed by atoms with Crippen LogP contribution in [0.4, 0.5) is 10.1 Å². The maximum atomic E-state index is 13.3. The van der Waals surface area contributed by atoms with Crippen molar-refractivity contribution < 1.29 is 18.5 Å². The number of rotatable bonds is 3. The van der Waals surface area contributed by atoms with Crippen LogP contribution in [0, 0.1) is 12.7 Å². The van der Waals surface area contributed by atoms with Crippen molar-refractivity contribution in [3.63, 3.8) is 0 Å². The summed E-state index contributed by atoms with van der Waals surface area (Å²) < 4.78 is 18.3. The van der Waals surface area contributed by atoms with E-state index < -0.39 is 11.7 Å². The number of anilines is 1. The normalized spacial score (nSPS) is 16.7. The predicted octanol–water partition coefficient (Wildman–Crippen LogP) is 2.21. The van der Waals surface area contributed by atoms with Crippen molar-refractivity contribution in [2.24, 2.45) is 0 Å². The number of aromatic nitrogens is 1. The molecule has 1 atom stereocenters. The first-order valence-corrected chi connectivity index (χ1v) is 7.20. The SMILES string of the molecule is Cc1cc(CN(C)C(=O)[C@H]2CC(=O)Nc3cc(F)ccc32)no1. The lowest BCUT2D eigenvalue weighted by atomic mass is 9.89. The van der Waals surface area contributed by atoms with Crippen molar-refractivity contribution in [1.82, 2.24) is 10.1 Å². The molecule has 1 aromatic carbocycles. The first kappa shape index (κ1) is 15.2. The number of carbonyl (C=O) groups excluding carboxylic acids is 2. The highest BCUT2D eigenvalue weighted by Crippen LogP contribution is 2.34. The predicted molar refractivity (Wildman–Crippen MR) is 80.1 cm³/mol. The molecule has 0 aliphatic carbocycles. The van der Waals surface area contributed by atoms with Gasteiger partial charge >= 0.3 is 0 Å². The average Bonchev–Trinajstić information content (AvgIpc) is 2.90. The third-order valence-corrected chi connectivity index (χ3v) is 3.80. The van der Waals surface area contributed by atoms with E-state index in [0.29, 0.717) is 22.7 Å². The topological polar surface area (TPSA) is 75.4 Å². The van der Waals surface area contributed by atoms with Gasteiger partial charge in [-0.3, -0.25) is 9.59 Å². The number of benzene rings is 1. The van der Waals surface area contributed by atoms with Gasteiger partial charge in [0, 0.05) is 25.2 Å². The summed E-state index contributed by atoms with van der Waals surface area (Å²) in [5, 5.41) is 6.46. The fourth-order valence-electron chi connectivity index (χ4n) is 2.74. The lowest BCUT2D eigenvalue weighted by Gasteiger charge is -2.28. The number of hydrogen-bond acceptors (Lipinski definition) is 4. The van der Waals surface area contributed by atoms with Crippen molar-refractivity contribution in [1.29, 1.82) is 0 Å². The Morgan fingerprint density at radius 3 is 2.96 bits per heavy atom. The van der Waals surface area contributed by atoms with E-state index in [0.717, 1.165) is 0 Å². The number of carbonyl (C=O) groups is 2. The molecule has 0 saturated carbocycles. The van der Waals surface area contributed by atoms with E-state index in [4.69, 9.17) is 4.52 Å². The molecule has 2 aromatic rings. The van der Waals surface area contributed by atoms with Crippen molar-refractivity contribution in [3.05, 3.63) is 47.1 Å². The van der Waals surface area contributed by atoms with E-state index in [-0.39, 0.29) is 24.8 Å². The fourth-order valence-corrected chi connectivity index (χ4v) is 2.74. The summed E-state index contributed by atoms with van der Waals surface area (Å²) in [6.07, 6.45) is 0.0413. The second-order valence-corrected chi connectivity index (χ2v) is 5.66. The zero-order valence-electron chi connectivity index (χ0n) is 12.8. The van der Waals surface area contributed by atoms with Gasteiger partial charge in [0.1, 0.15) is 17.3 Å². The Hall–Kier alpha value is -2.70. The molecule has 0 unspecified atom stereocenters. The molecule has 1 aliphatic heterocycles. The smallest absolute Gasteiger partial charge is 0.230 e. The molecule has 7 heteroatoms. The van der Waals surface area contributed by atoms with Gasteiger partial charge in [-0.15, -0.1) is 0 Å². The Bertz CT molecular complexity index is 772. The molecule has 6 nitrogen and oxygen atoms in total. The minimum atomic E-state index is -0.627. The monoisotopic (exact) mass is 317 g/mol. The van der Waals surface area contributed by atoms with Crippen LogP contribution in [0.25, 0.3) is 0 Å². The van der Waals surface area contributed by atoms with E-state index in [1.165, 1.54) is 17.0 Å². The van der Waals surface area contributed by atoms with Crippen LogP contribution in [0.1, 0.15) is 29.4 Å². The maximum Gasteiger partial charge on any atom is 0.230 e. The Labute approximate surface area is 132 Å². The zero-order valence-corrected chi connectivity index (χ0v) is 12.8. The number of amides is 2. The van der Waals surface area contributed by atoms with Gasteiger partial charge in [0.25, 0.3) is 0 Å². The van der Waals surface area contributed by atoms with Gasteiger partial charge in [-0.05, 0) is 24.6 Å². The highest BCUT2D eigenvalue weighted by atomic mass is 19.1. The number of fused-ring (bicyclic) bond motifs is 1. The van der Waals surface area contributed by atoms with E-state index in [9.17, 15) is 14.0 Å².